The third-order valence-corrected chi connectivity index (χ3v) is 2.85. The topological polar surface area (TPSA) is 17.1 Å². The molecule has 0 unspecified atom stereocenters. The smallest absolute Gasteiger partial charge is 0.131 e. The van der Waals surface area contributed by atoms with E-state index in [2.05, 4.69) is 30.0 Å². The van der Waals surface area contributed by atoms with Gasteiger partial charge in [-0.2, -0.15) is 0 Å². The fourth-order valence-electron chi connectivity index (χ4n) is 1.22. The van der Waals surface area contributed by atoms with Gasteiger partial charge in [0.05, 0.1) is 11.3 Å². The molecular formula is C12H8OS. The zero-order valence-electron chi connectivity index (χ0n) is 7.49. The van der Waals surface area contributed by atoms with Gasteiger partial charge in [0, 0.05) is 4.70 Å². The fraction of sp³-hybridized carbons (Fsp3) is 0.0833. The second-order valence-corrected chi connectivity index (χ2v) is 3.90. The van der Waals surface area contributed by atoms with Gasteiger partial charge in [-0.15, -0.1) is 11.3 Å². The number of hydrogen-bond donors (Lipinski definition) is 0. The van der Waals surface area contributed by atoms with Crippen LogP contribution >= 0.6 is 11.3 Å². The van der Waals surface area contributed by atoms with Crippen LogP contribution in [0.2, 0.25) is 0 Å². The van der Waals surface area contributed by atoms with Crippen molar-refractivity contribution in [1.29, 1.82) is 0 Å². The van der Waals surface area contributed by atoms with Crippen LogP contribution in [-0.4, -0.2) is 6.29 Å². The molecule has 0 bridgehead atoms. The molecule has 0 saturated carbocycles. The number of fused-ring (bicyclic) bond motifs is 1. The van der Waals surface area contributed by atoms with Gasteiger partial charge in [-0.3, -0.25) is 0 Å². The van der Waals surface area contributed by atoms with E-state index in [0.29, 0.717) is 6.42 Å². The molecule has 2 heteroatoms. The Labute approximate surface area is 86.4 Å². The molecule has 2 rings (SSSR count). The van der Waals surface area contributed by atoms with E-state index in [1.165, 1.54) is 10.1 Å². The molecule has 1 heterocycles. The lowest BCUT2D eigenvalue weighted by Crippen LogP contribution is -1.66. The molecule has 0 fully saturated rings. The first-order valence-electron chi connectivity index (χ1n) is 4.31. The number of carbonyl (C=O) groups is 1. The van der Waals surface area contributed by atoms with Crippen LogP contribution in [-0.2, 0) is 4.79 Å². The molecule has 1 aromatic heterocycles. The van der Waals surface area contributed by atoms with E-state index < -0.39 is 0 Å². The predicted molar refractivity (Wildman–Crippen MR) is 59.4 cm³/mol. The van der Waals surface area contributed by atoms with Crippen molar-refractivity contribution in [2.24, 2.45) is 0 Å². The Bertz CT molecular complexity index is 481. The third kappa shape index (κ3) is 1.84. The van der Waals surface area contributed by atoms with Gasteiger partial charge < -0.3 is 4.79 Å². The van der Waals surface area contributed by atoms with Crippen molar-refractivity contribution in [3.63, 3.8) is 0 Å². The molecule has 68 valence electrons. The maximum Gasteiger partial charge on any atom is 0.131 e. The number of benzene rings is 1. The average Bonchev–Trinajstić information content (AvgIpc) is 2.60. The maximum absolute atomic E-state index is 10.1. The van der Waals surface area contributed by atoms with Gasteiger partial charge >= 0.3 is 0 Å². The monoisotopic (exact) mass is 200 g/mol. The highest BCUT2D eigenvalue weighted by Gasteiger charge is 1.96. The lowest BCUT2D eigenvalue weighted by atomic mass is 10.2. The molecule has 0 aliphatic carbocycles. The van der Waals surface area contributed by atoms with E-state index in [9.17, 15) is 4.79 Å². The summed E-state index contributed by atoms with van der Waals surface area (Å²) in [6.45, 7) is 0. The van der Waals surface area contributed by atoms with Crippen LogP contribution in [0, 0.1) is 11.8 Å². The molecule has 2 aromatic rings. The van der Waals surface area contributed by atoms with Gasteiger partial charge in [-0.1, -0.05) is 30.0 Å². The molecule has 0 aliphatic rings. The summed E-state index contributed by atoms with van der Waals surface area (Å²) in [5.41, 5.74) is 0. The number of thiophene rings is 1. The third-order valence-electron chi connectivity index (χ3n) is 1.82. The highest BCUT2D eigenvalue weighted by molar-refractivity contribution is 7.19. The van der Waals surface area contributed by atoms with Gasteiger partial charge in [0.2, 0.25) is 0 Å². The Morgan fingerprint density at radius 3 is 3.00 bits per heavy atom. The first-order chi connectivity index (χ1) is 6.90. The van der Waals surface area contributed by atoms with Crippen LogP contribution in [0.25, 0.3) is 10.1 Å². The number of aldehydes is 1. The van der Waals surface area contributed by atoms with Crippen molar-refractivity contribution >= 4 is 27.7 Å². The van der Waals surface area contributed by atoms with Gasteiger partial charge in [-0.05, 0) is 17.5 Å². The molecule has 1 aromatic carbocycles. The van der Waals surface area contributed by atoms with Gasteiger partial charge in [0.25, 0.3) is 0 Å². The molecular weight excluding hydrogens is 192 g/mol. The van der Waals surface area contributed by atoms with E-state index >= 15 is 0 Å². The Balaban J connectivity index is 2.37. The van der Waals surface area contributed by atoms with Crippen LogP contribution in [0.3, 0.4) is 0 Å². The lowest BCUT2D eigenvalue weighted by Gasteiger charge is -1.82. The normalized spacial score (nSPS) is 9.43. The quantitative estimate of drug-likeness (QED) is 0.511. The number of rotatable bonds is 1. The highest BCUT2D eigenvalue weighted by Crippen LogP contribution is 2.24. The minimum atomic E-state index is 0.314. The summed E-state index contributed by atoms with van der Waals surface area (Å²) in [4.78, 5) is 11.1. The zero-order valence-corrected chi connectivity index (χ0v) is 8.30. The van der Waals surface area contributed by atoms with Crippen LogP contribution in [0.15, 0.2) is 30.3 Å². The zero-order chi connectivity index (χ0) is 9.80. The van der Waals surface area contributed by atoms with Crippen molar-refractivity contribution < 1.29 is 4.79 Å². The maximum atomic E-state index is 10.1. The summed E-state index contributed by atoms with van der Waals surface area (Å²) < 4.78 is 1.24. The summed E-state index contributed by atoms with van der Waals surface area (Å²) in [6.07, 6.45) is 1.13. The SMILES string of the molecule is O=CCC#Cc1cc2ccccc2s1. The molecule has 1 nitrogen and oxygen atoms in total. The Morgan fingerprint density at radius 2 is 2.21 bits per heavy atom. The van der Waals surface area contributed by atoms with Crippen LogP contribution < -0.4 is 0 Å². The molecule has 0 amide bonds. The van der Waals surface area contributed by atoms with Crippen molar-refractivity contribution in [1.82, 2.24) is 0 Å². The Kier molecular flexibility index (Phi) is 2.62. The van der Waals surface area contributed by atoms with E-state index in [0.717, 1.165) is 11.2 Å². The van der Waals surface area contributed by atoms with Gasteiger partial charge in [0.1, 0.15) is 6.29 Å². The van der Waals surface area contributed by atoms with Gasteiger partial charge in [0.15, 0.2) is 0 Å². The van der Waals surface area contributed by atoms with Crippen LogP contribution in [0.1, 0.15) is 11.3 Å². The minimum Gasteiger partial charge on any atom is -0.302 e. The lowest BCUT2D eigenvalue weighted by molar-refractivity contribution is -0.107. The minimum absolute atomic E-state index is 0.314. The van der Waals surface area contributed by atoms with Crippen molar-refractivity contribution in [2.75, 3.05) is 0 Å². The number of hydrogen-bond acceptors (Lipinski definition) is 2. The standard InChI is InChI=1S/C12H8OS/c13-8-4-3-6-11-9-10-5-1-2-7-12(10)14-11/h1-2,5,7-9H,4H2. The molecule has 0 spiro atoms. The van der Waals surface area contributed by atoms with E-state index in [1.807, 2.05) is 12.1 Å². The first kappa shape index (κ1) is 8.98. The first-order valence-corrected chi connectivity index (χ1v) is 5.13. The molecule has 0 N–H and O–H groups in total. The highest BCUT2D eigenvalue weighted by atomic mass is 32.1. The van der Waals surface area contributed by atoms with Crippen molar-refractivity contribution in [2.45, 2.75) is 6.42 Å². The summed E-state index contributed by atoms with van der Waals surface area (Å²) >= 11 is 1.66. The summed E-state index contributed by atoms with van der Waals surface area (Å²) in [6, 6.07) is 10.2. The average molecular weight is 200 g/mol. The van der Waals surface area contributed by atoms with E-state index in [4.69, 9.17) is 0 Å². The Morgan fingerprint density at radius 1 is 1.36 bits per heavy atom. The molecule has 0 atom stereocenters. The van der Waals surface area contributed by atoms with E-state index in [1.54, 1.807) is 11.3 Å². The molecule has 0 radical (unpaired) electrons. The molecule has 0 saturated heterocycles. The van der Waals surface area contributed by atoms with Crippen LogP contribution in [0.5, 0.6) is 0 Å². The Hall–Kier alpha value is -1.59. The van der Waals surface area contributed by atoms with E-state index in [-0.39, 0.29) is 0 Å². The summed E-state index contributed by atoms with van der Waals surface area (Å²) in [7, 11) is 0. The molecule has 0 aliphatic heterocycles. The summed E-state index contributed by atoms with van der Waals surface area (Å²) in [5.74, 6) is 5.78. The predicted octanol–water partition coefficient (Wildman–Crippen LogP) is 2.84. The number of carbonyl (C=O) groups excluding carboxylic acids is 1. The van der Waals surface area contributed by atoms with Crippen molar-refractivity contribution in [3.05, 3.63) is 35.2 Å². The van der Waals surface area contributed by atoms with Crippen LogP contribution in [0.4, 0.5) is 0 Å². The second-order valence-electron chi connectivity index (χ2n) is 2.82. The molecule has 14 heavy (non-hydrogen) atoms. The van der Waals surface area contributed by atoms with Crippen molar-refractivity contribution in [3.8, 4) is 11.8 Å². The summed E-state index contributed by atoms with van der Waals surface area (Å²) in [5, 5.41) is 1.22. The largest absolute Gasteiger partial charge is 0.302 e. The fourth-order valence-corrected chi connectivity index (χ4v) is 2.16. The second kappa shape index (κ2) is 4.08. The van der Waals surface area contributed by atoms with Gasteiger partial charge in [-0.25, -0.2) is 0 Å².